The predicted molar refractivity (Wildman–Crippen MR) is 140 cm³/mol. The van der Waals surface area contributed by atoms with Gasteiger partial charge in [-0.2, -0.15) is 0 Å². The SMILES string of the molecule is COc1ccc(C)c2sc(N3CCN(CCNC(=O)c4cc5cc([N+](=O)[O-])ccc5s4)CC3)nc12. The standard InChI is InChI=1S/C24H25N5O4S2/c1-15-3-5-18(33-2)21-22(15)35-24(26-21)28-11-9-27(10-12-28)8-7-25-23(30)20-14-16-13-17(29(31)32)4-6-19(16)34-20/h3-6,13-14H,7-12H2,1-2H3,(H,25,30). The molecule has 5 rings (SSSR count). The second kappa shape index (κ2) is 9.76. The summed E-state index contributed by atoms with van der Waals surface area (Å²) in [7, 11) is 1.67. The normalized spacial score (nSPS) is 14.5. The molecular formula is C24H25N5O4S2. The van der Waals surface area contributed by atoms with Gasteiger partial charge in [0.15, 0.2) is 5.13 Å². The zero-order valence-electron chi connectivity index (χ0n) is 19.4. The predicted octanol–water partition coefficient (Wildman–Crippen LogP) is 4.29. The minimum Gasteiger partial charge on any atom is -0.494 e. The van der Waals surface area contributed by atoms with E-state index in [0.717, 1.165) is 53.8 Å². The third kappa shape index (κ3) is 4.79. The number of methoxy groups -OCH3 is 1. The van der Waals surface area contributed by atoms with E-state index in [1.165, 1.54) is 33.7 Å². The van der Waals surface area contributed by atoms with Crippen LogP contribution in [-0.4, -0.2) is 67.1 Å². The number of rotatable bonds is 7. The molecule has 9 nitrogen and oxygen atoms in total. The molecule has 3 heterocycles. The molecule has 0 spiro atoms. The van der Waals surface area contributed by atoms with Gasteiger partial charge < -0.3 is 15.0 Å². The fourth-order valence-electron chi connectivity index (χ4n) is 4.23. The number of benzene rings is 2. The summed E-state index contributed by atoms with van der Waals surface area (Å²) in [6.45, 7) is 6.96. The van der Waals surface area contributed by atoms with E-state index < -0.39 is 4.92 Å². The summed E-state index contributed by atoms with van der Waals surface area (Å²) in [5.74, 6) is 0.658. The monoisotopic (exact) mass is 511 g/mol. The fraction of sp³-hybridized carbons (Fsp3) is 0.333. The first kappa shape index (κ1) is 23.5. The van der Waals surface area contributed by atoms with Gasteiger partial charge in [-0.15, -0.1) is 11.3 Å². The zero-order chi connectivity index (χ0) is 24.5. The van der Waals surface area contributed by atoms with Crippen LogP contribution in [0.4, 0.5) is 10.8 Å². The number of fused-ring (bicyclic) bond motifs is 2. The number of hydrogen-bond donors (Lipinski definition) is 1. The number of nitrogens with one attached hydrogen (secondary N) is 1. The van der Waals surface area contributed by atoms with Gasteiger partial charge in [0.1, 0.15) is 11.3 Å². The molecule has 0 radical (unpaired) electrons. The molecule has 35 heavy (non-hydrogen) atoms. The second-order valence-electron chi connectivity index (χ2n) is 8.43. The van der Waals surface area contributed by atoms with E-state index in [4.69, 9.17) is 9.72 Å². The average Bonchev–Trinajstić information content (AvgIpc) is 3.50. The number of carbonyl (C=O) groups is 1. The average molecular weight is 512 g/mol. The second-order valence-corrected chi connectivity index (χ2v) is 10.5. The lowest BCUT2D eigenvalue weighted by molar-refractivity contribution is -0.384. The van der Waals surface area contributed by atoms with Crippen LogP contribution < -0.4 is 15.0 Å². The van der Waals surface area contributed by atoms with Crippen molar-refractivity contribution in [1.29, 1.82) is 0 Å². The molecule has 182 valence electrons. The Morgan fingerprint density at radius 2 is 1.97 bits per heavy atom. The maximum absolute atomic E-state index is 12.6. The van der Waals surface area contributed by atoms with Gasteiger partial charge in [-0.25, -0.2) is 4.98 Å². The Hall–Kier alpha value is -3.28. The number of nitro groups is 1. The van der Waals surface area contributed by atoms with Crippen LogP contribution >= 0.6 is 22.7 Å². The van der Waals surface area contributed by atoms with E-state index in [0.29, 0.717) is 16.8 Å². The number of nitrogens with zero attached hydrogens (tertiary/aromatic N) is 4. The Bertz CT molecular complexity index is 1410. The van der Waals surface area contributed by atoms with Gasteiger partial charge in [-0.05, 0) is 30.7 Å². The largest absolute Gasteiger partial charge is 0.494 e. The Labute approximate surface area is 210 Å². The van der Waals surface area contributed by atoms with Crippen LogP contribution in [0.15, 0.2) is 36.4 Å². The van der Waals surface area contributed by atoms with Crippen LogP contribution in [0.25, 0.3) is 20.3 Å². The Kier molecular flexibility index (Phi) is 6.54. The summed E-state index contributed by atoms with van der Waals surface area (Å²) in [6.07, 6.45) is 0. The van der Waals surface area contributed by atoms with Crippen molar-refractivity contribution in [2.24, 2.45) is 0 Å². The van der Waals surface area contributed by atoms with Gasteiger partial charge in [-0.3, -0.25) is 19.8 Å². The van der Waals surface area contributed by atoms with Crippen molar-refractivity contribution in [2.45, 2.75) is 6.92 Å². The highest BCUT2D eigenvalue weighted by atomic mass is 32.1. The van der Waals surface area contributed by atoms with E-state index >= 15 is 0 Å². The van der Waals surface area contributed by atoms with Crippen LogP contribution in [0.5, 0.6) is 5.75 Å². The van der Waals surface area contributed by atoms with Crippen LogP contribution in [0, 0.1) is 17.0 Å². The van der Waals surface area contributed by atoms with Gasteiger partial charge in [0.2, 0.25) is 0 Å². The van der Waals surface area contributed by atoms with Crippen molar-refractivity contribution < 1.29 is 14.5 Å². The summed E-state index contributed by atoms with van der Waals surface area (Å²) in [6, 6.07) is 10.4. The Morgan fingerprint density at radius 1 is 1.17 bits per heavy atom. The third-order valence-electron chi connectivity index (χ3n) is 6.20. The highest BCUT2D eigenvalue weighted by Crippen LogP contribution is 2.36. The van der Waals surface area contributed by atoms with E-state index in [1.807, 2.05) is 6.07 Å². The summed E-state index contributed by atoms with van der Waals surface area (Å²) in [5.41, 5.74) is 2.16. The van der Waals surface area contributed by atoms with Gasteiger partial charge in [0.25, 0.3) is 11.6 Å². The van der Waals surface area contributed by atoms with Crippen molar-refractivity contribution in [3.63, 3.8) is 0 Å². The minimum atomic E-state index is -0.425. The molecule has 1 amide bonds. The summed E-state index contributed by atoms with van der Waals surface area (Å²) in [4.78, 5) is 33.2. The first-order valence-electron chi connectivity index (χ1n) is 11.3. The van der Waals surface area contributed by atoms with Gasteiger partial charge in [0.05, 0.1) is 21.6 Å². The van der Waals surface area contributed by atoms with Crippen molar-refractivity contribution in [1.82, 2.24) is 15.2 Å². The van der Waals surface area contributed by atoms with Crippen molar-refractivity contribution in [2.75, 3.05) is 51.3 Å². The molecule has 2 aromatic heterocycles. The van der Waals surface area contributed by atoms with E-state index in [2.05, 4.69) is 28.1 Å². The maximum Gasteiger partial charge on any atom is 0.270 e. The number of nitro benzene ring substituents is 1. The van der Waals surface area contributed by atoms with Gasteiger partial charge >= 0.3 is 0 Å². The van der Waals surface area contributed by atoms with Crippen molar-refractivity contribution in [3.8, 4) is 5.75 Å². The van der Waals surface area contributed by atoms with Crippen LogP contribution in [0.2, 0.25) is 0 Å². The van der Waals surface area contributed by atoms with E-state index in [-0.39, 0.29) is 11.6 Å². The smallest absolute Gasteiger partial charge is 0.270 e. The molecule has 0 unspecified atom stereocenters. The summed E-state index contributed by atoms with van der Waals surface area (Å²) < 4.78 is 7.51. The first-order chi connectivity index (χ1) is 16.9. The Balaban J connectivity index is 1.14. The topological polar surface area (TPSA) is 101 Å². The van der Waals surface area contributed by atoms with Crippen LogP contribution in [0.3, 0.4) is 0 Å². The number of hydrogen-bond acceptors (Lipinski definition) is 9. The lowest BCUT2D eigenvalue weighted by Crippen LogP contribution is -2.48. The summed E-state index contributed by atoms with van der Waals surface area (Å²) in [5, 5.41) is 15.7. The molecule has 2 aromatic carbocycles. The quantitative estimate of drug-likeness (QED) is 0.292. The van der Waals surface area contributed by atoms with E-state index in [1.54, 1.807) is 30.6 Å². The number of piperazine rings is 1. The molecule has 0 saturated carbocycles. The highest BCUT2D eigenvalue weighted by molar-refractivity contribution is 7.22. The number of thiazole rings is 1. The van der Waals surface area contributed by atoms with E-state index in [9.17, 15) is 14.9 Å². The first-order valence-corrected chi connectivity index (χ1v) is 12.9. The molecule has 0 aliphatic carbocycles. The zero-order valence-corrected chi connectivity index (χ0v) is 21.1. The van der Waals surface area contributed by atoms with Crippen molar-refractivity contribution in [3.05, 3.63) is 57.0 Å². The molecule has 0 atom stereocenters. The Morgan fingerprint density at radius 3 is 2.71 bits per heavy atom. The number of aryl methyl sites for hydroxylation is 1. The summed E-state index contributed by atoms with van der Waals surface area (Å²) >= 11 is 3.05. The highest BCUT2D eigenvalue weighted by Gasteiger charge is 2.21. The lowest BCUT2D eigenvalue weighted by atomic mass is 10.2. The molecular weight excluding hydrogens is 486 g/mol. The van der Waals surface area contributed by atoms with Crippen LogP contribution in [-0.2, 0) is 0 Å². The fourth-order valence-corrected chi connectivity index (χ4v) is 6.29. The molecule has 1 saturated heterocycles. The number of anilines is 1. The molecule has 11 heteroatoms. The number of aromatic nitrogens is 1. The number of amides is 1. The third-order valence-corrected chi connectivity index (χ3v) is 8.57. The molecule has 1 aliphatic heterocycles. The molecule has 0 bridgehead atoms. The number of thiophene rings is 1. The van der Waals surface area contributed by atoms with Crippen LogP contribution in [0.1, 0.15) is 15.2 Å². The number of non-ortho nitro benzene ring substituents is 1. The maximum atomic E-state index is 12.6. The van der Waals surface area contributed by atoms with Gasteiger partial charge in [0, 0.05) is 61.5 Å². The minimum absolute atomic E-state index is 0.0292. The molecule has 1 aliphatic rings. The number of carbonyl (C=O) groups excluding carboxylic acids is 1. The molecule has 4 aromatic rings. The van der Waals surface area contributed by atoms with Gasteiger partial charge in [-0.1, -0.05) is 17.4 Å². The molecule has 1 fully saturated rings. The lowest BCUT2D eigenvalue weighted by Gasteiger charge is -2.34. The van der Waals surface area contributed by atoms with Crippen molar-refractivity contribution >= 4 is 59.7 Å². The molecule has 1 N–H and O–H groups in total. The number of ether oxygens (including phenoxy) is 1.